The van der Waals surface area contributed by atoms with Gasteiger partial charge in [0.1, 0.15) is 17.2 Å². The summed E-state index contributed by atoms with van der Waals surface area (Å²) in [6.45, 7) is 2.01. The summed E-state index contributed by atoms with van der Waals surface area (Å²) in [6.07, 6.45) is 2.59. The summed E-state index contributed by atoms with van der Waals surface area (Å²) in [5, 5.41) is 11.0. The van der Waals surface area contributed by atoms with Crippen LogP contribution in [-0.4, -0.2) is 27.5 Å². The molecule has 10 nitrogen and oxygen atoms in total. The Morgan fingerprint density at radius 1 is 1.14 bits per heavy atom. The SMILES string of the molecule is CCOC(=O)c1ccc(-c2ccc(C=Cc3[nH]c(=O)[nH]c(=O)c3[N+](=O)[O-])o2)cc1. The number of aromatic nitrogens is 2. The fourth-order valence-electron chi connectivity index (χ4n) is 2.55. The molecular formula is C19H15N3O7. The summed E-state index contributed by atoms with van der Waals surface area (Å²) in [5.41, 5.74) is -1.87. The molecule has 2 aromatic heterocycles. The Labute approximate surface area is 162 Å². The van der Waals surface area contributed by atoms with E-state index in [1.54, 1.807) is 48.3 Å². The number of carbonyl (C=O) groups excluding carboxylic acids is 1. The van der Waals surface area contributed by atoms with Crippen LogP contribution in [0, 0.1) is 10.1 Å². The fourth-order valence-corrected chi connectivity index (χ4v) is 2.55. The Bertz CT molecular complexity index is 1200. The van der Waals surface area contributed by atoms with Crippen LogP contribution in [0.5, 0.6) is 0 Å². The summed E-state index contributed by atoms with van der Waals surface area (Å²) in [5.74, 6) is 0.411. The largest absolute Gasteiger partial charge is 0.462 e. The van der Waals surface area contributed by atoms with Gasteiger partial charge in [0.15, 0.2) is 0 Å². The van der Waals surface area contributed by atoms with E-state index < -0.39 is 27.8 Å². The summed E-state index contributed by atoms with van der Waals surface area (Å²) in [4.78, 5) is 48.9. The first-order valence-electron chi connectivity index (χ1n) is 8.45. The van der Waals surface area contributed by atoms with Crippen LogP contribution in [0.4, 0.5) is 5.69 Å². The molecule has 2 heterocycles. The number of H-pyrrole nitrogens is 2. The third kappa shape index (κ3) is 4.38. The zero-order valence-corrected chi connectivity index (χ0v) is 15.1. The number of benzene rings is 1. The number of nitro groups is 1. The number of hydrogen-bond acceptors (Lipinski definition) is 7. The summed E-state index contributed by atoms with van der Waals surface area (Å²) in [6, 6.07) is 9.89. The molecule has 10 heteroatoms. The van der Waals surface area contributed by atoms with Gasteiger partial charge >= 0.3 is 22.9 Å². The number of rotatable bonds is 6. The molecule has 0 bridgehead atoms. The molecule has 1 aromatic carbocycles. The van der Waals surface area contributed by atoms with Crippen molar-refractivity contribution >= 4 is 23.8 Å². The highest BCUT2D eigenvalue weighted by molar-refractivity contribution is 5.90. The van der Waals surface area contributed by atoms with Crippen LogP contribution in [0.1, 0.15) is 28.7 Å². The van der Waals surface area contributed by atoms with Crippen molar-refractivity contribution in [3.63, 3.8) is 0 Å². The summed E-state index contributed by atoms with van der Waals surface area (Å²) < 4.78 is 10.6. The molecule has 0 amide bonds. The molecule has 3 rings (SSSR count). The molecule has 0 fully saturated rings. The molecule has 3 aromatic rings. The first kappa shape index (κ1) is 19.5. The van der Waals surface area contributed by atoms with E-state index in [1.165, 1.54) is 12.2 Å². The molecule has 0 aliphatic carbocycles. The van der Waals surface area contributed by atoms with Gasteiger partial charge in [0.2, 0.25) is 0 Å². The Hall–Kier alpha value is -4.21. The number of esters is 1. The first-order chi connectivity index (χ1) is 13.9. The molecular weight excluding hydrogens is 382 g/mol. The number of carbonyl (C=O) groups is 1. The van der Waals surface area contributed by atoms with E-state index in [9.17, 15) is 24.5 Å². The van der Waals surface area contributed by atoms with Crippen molar-refractivity contribution < 1.29 is 18.9 Å². The zero-order chi connectivity index (χ0) is 21.0. The van der Waals surface area contributed by atoms with Crippen molar-refractivity contribution in [1.29, 1.82) is 0 Å². The van der Waals surface area contributed by atoms with Gasteiger partial charge < -0.3 is 14.1 Å². The summed E-state index contributed by atoms with van der Waals surface area (Å²) >= 11 is 0. The Morgan fingerprint density at radius 3 is 2.52 bits per heavy atom. The maximum Gasteiger partial charge on any atom is 0.357 e. The van der Waals surface area contributed by atoms with Crippen molar-refractivity contribution in [1.82, 2.24) is 9.97 Å². The van der Waals surface area contributed by atoms with Gasteiger partial charge in [0, 0.05) is 5.56 Å². The normalized spacial score (nSPS) is 10.9. The minimum atomic E-state index is -1.10. The molecule has 0 aliphatic heterocycles. The lowest BCUT2D eigenvalue weighted by molar-refractivity contribution is -0.386. The average molecular weight is 397 g/mol. The molecule has 0 radical (unpaired) electrons. The molecule has 0 aliphatic rings. The van der Waals surface area contributed by atoms with Crippen LogP contribution in [0.2, 0.25) is 0 Å². The predicted molar refractivity (Wildman–Crippen MR) is 103 cm³/mol. The highest BCUT2D eigenvalue weighted by atomic mass is 16.6. The fraction of sp³-hybridized carbons (Fsp3) is 0.105. The maximum atomic E-state index is 11.7. The summed E-state index contributed by atoms with van der Waals surface area (Å²) in [7, 11) is 0. The van der Waals surface area contributed by atoms with Crippen LogP contribution < -0.4 is 11.2 Å². The number of hydrogen-bond donors (Lipinski definition) is 2. The van der Waals surface area contributed by atoms with Crippen LogP contribution in [-0.2, 0) is 4.74 Å². The van der Waals surface area contributed by atoms with Crippen molar-refractivity contribution in [2.24, 2.45) is 0 Å². The van der Waals surface area contributed by atoms with Crippen LogP contribution >= 0.6 is 0 Å². The van der Waals surface area contributed by atoms with Gasteiger partial charge in [-0.2, -0.15) is 0 Å². The third-order valence-electron chi connectivity index (χ3n) is 3.85. The molecule has 0 atom stereocenters. The van der Waals surface area contributed by atoms with Crippen LogP contribution in [0.25, 0.3) is 23.5 Å². The maximum absolute atomic E-state index is 11.7. The second-order valence-electron chi connectivity index (χ2n) is 5.76. The lowest BCUT2D eigenvalue weighted by Crippen LogP contribution is -2.25. The van der Waals surface area contributed by atoms with Crippen molar-refractivity contribution in [3.05, 3.63) is 84.4 Å². The average Bonchev–Trinajstić information content (AvgIpc) is 3.15. The zero-order valence-electron chi connectivity index (χ0n) is 15.1. The Kier molecular flexibility index (Phi) is 5.54. The van der Waals surface area contributed by atoms with Crippen molar-refractivity contribution in [2.75, 3.05) is 6.61 Å². The lowest BCUT2D eigenvalue weighted by Gasteiger charge is -2.02. The first-order valence-corrected chi connectivity index (χ1v) is 8.45. The minimum Gasteiger partial charge on any atom is -0.462 e. The second kappa shape index (κ2) is 8.21. The minimum absolute atomic E-state index is 0.250. The van der Waals surface area contributed by atoms with Crippen molar-refractivity contribution in [2.45, 2.75) is 6.92 Å². The van der Waals surface area contributed by atoms with Gasteiger partial charge in [-0.05, 0) is 43.3 Å². The quantitative estimate of drug-likeness (QED) is 0.369. The highest BCUT2D eigenvalue weighted by Crippen LogP contribution is 2.24. The number of furan rings is 1. The smallest absolute Gasteiger partial charge is 0.357 e. The number of nitrogens with zero attached hydrogens (tertiary/aromatic N) is 1. The van der Waals surface area contributed by atoms with E-state index in [4.69, 9.17) is 9.15 Å². The molecule has 0 unspecified atom stereocenters. The predicted octanol–water partition coefficient (Wildman–Crippen LogP) is 2.58. The third-order valence-corrected chi connectivity index (χ3v) is 3.85. The molecule has 2 N–H and O–H groups in total. The number of nitrogens with one attached hydrogen (secondary N) is 2. The number of aromatic amines is 2. The van der Waals surface area contributed by atoms with Gasteiger partial charge in [0.25, 0.3) is 0 Å². The second-order valence-corrected chi connectivity index (χ2v) is 5.76. The van der Waals surface area contributed by atoms with E-state index >= 15 is 0 Å². The Balaban J connectivity index is 1.85. The van der Waals surface area contributed by atoms with E-state index in [2.05, 4.69) is 4.98 Å². The molecule has 29 heavy (non-hydrogen) atoms. The standard InChI is InChI=1S/C19H15N3O7/c1-2-28-18(24)12-5-3-11(4-6-12)15-10-8-13(29-15)7-9-14-16(22(26)27)17(23)21-19(25)20-14/h3-10H,2H2,1H3,(H2,20,21,23,25). The lowest BCUT2D eigenvalue weighted by atomic mass is 10.1. The van der Waals surface area contributed by atoms with Gasteiger partial charge in [-0.25, -0.2) is 9.59 Å². The monoisotopic (exact) mass is 397 g/mol. The van der Waals surface area contributed by atoms with Crippen LogP contribution in [0.15, 0.2) is 50.4 Å². The van der Waals surface area contributed by atoms with Gasteiger partial charge in [-0.1, -0.05) is 12.1 Å². The Morgan fingerprint density at radius 2 is 1.86 bits per heavy atom. The van der Waals surface area contributed by atoms with E-state index in [1.807, 2.05) is 0 Å². The van der Waals surface area contributed by atoms with E-state index in [0.29, 0.717) is 22.6 Å². The molecule has 148 valence electrons. The van der Waals surface area contributed by atoms with Gasteiger partial charge in [-0.3, -0.25) is 19.9 Å². The van der Waals surface area contributed by atoms with Crippen molar-refractivity contribution in [3.8, 4) is 11.3 Å². The highest BCUT2D eigenvalue weighted by Gasteiger charge is 2.19. The number of ether oxygens (including phenoxy) is 1. The molecule has 0 saturated heterocycles. The molecule has 0 saturated carbocycles. The van der Waals surface area contributed by atoms with E-state index in [-0.39, 0.29) is 12.3 Å². The molecule has 0 spiro atoms. The van der Waals surface area contributed by atoms with Crippen LogP contribution in [0.3, 0.4) is 0 Å². The van der Waals surface area contributed by atoms with Gasteiger partial charge in [0.05, 0.1) is 17.1 Å². The topological polar surface area (TPSA) is 148 Å². The van der Waals surface area contributed by atoms with Gasteiger partial charge in [-0.15, -0.1) is 0 Å². The van der Waals surface area contributed by atoms with E-state index in [0.717, 1.165) is 0 Å².